The molecule has 0 atom stereocenters. The minimum Gasteiger partial charge on any atom is -0.459 e. The van der Waals surface area contributed by atoms with Crippen LogP contribution in [0.15, 0.2) is 36.4 Å². The van der Waals surface area contributed by atoms with Gasteiger partial charge in [-0.3, -0.25) is 5.10 Å². The summed E-state index contributed by atoms with van der Waals surface area (Å²) >= 11 is 0. The van der Waals surface area contributed by atoms with Gasteiger partial charge in [0.25, 0.3) is 0 Å². The molecule has 1 N–H and O–H groups in total. The van der Waals surface area contributed by atoms with Gasteiger partial charge < -0.3 is 18.9 Å². The van der Waals surface area contributed by atoms with Crippen molar-refractivity contribution >= 4 is 5.97 Å². The molecular formula is C17H22N2O5. The SMILES string of the molecule is COCCOCCOCCOC(=O)c1cc(-c2ccccc2)n[nH]1. The normalized spacial score (nSPS) is 10.7. The number of carbonyl (C=O) groups is 1. The smallest absolute Gasteiger partial charge is 0.356 e. The van der Waals surface area contributed by atoms with Crippen molar-refractivity contribution < 1.29 is 23.7 Å². The Morgan fingerprint density at radius 1 is 1.00 bits per heavy atom. The molecule has 1 aromatic heterocycles. The fraction of sp³-hybridized carbons (Fsp3) is 0.412. The lowest BCUT2D eigenvalue weighted by molar-refractivity contribution is 0.00549. The Balaban J connectivity index is 1.62. The van der Waals surface area contributed by atoms with Crippen molar-refractivity contribution in [3.8, 4) is 11.3 Å². The first-order chi connectivity index (χ1) is 11.8. The Bertz CT molecular complexity index is 600. The fourth-order valence-corrected chi connectivity index (χ4v) is 1.92. The molecule has 7 nitrogen and oxygen atoms in total. The van der Waals surface area contributed by atoms with Gasteiger partial charge in [-0.1, -0.05) is 30.3 Å². The van der Waals surface area contributed by atoms with E-state index < -0.39 is 5.97 Å². The molecular weight excluding hydrogens is 312 g/mol. The Morgan fingerprint density at radius 3 is 2.38 bits per heavy atom. The predicted molar refractivity (Wildman–Crippen MR) is 87.8 cm³/mol. The summed E-state index contributed by atoms with van der Waals surface area (Å²) in [5, 5.41) is 6.80. The molecule has 24 heavy (non-hydrogen) atoms. The number of H-pyrrole nitrogens is 1. The lowest BCUT2D eigenvalue weighted by Crippen LogP contribution is -2.14. The van der Waals surface area contributed by atoms with Crippen molar-refractivity contribution in [2.24, 2.45) is 0 Å². The van der Waals surface area contributed by atoms with Crippen LogP contribution in [0.2, 0.25) is 0 Å². The maximum atomic E-state index is 11.9. The van der Waals surface area contributed by atoms with Gasteiger partial charge in [0, 0.05) is 12.7 Å². The molecule has 0 amide bonds. The van der Waals surface area contributed by atoms with Crippen LogP contribution in [-0.2, 0) is 18.9 Å². The monoisotopic (exact) mass is 334 g/mol. The molecule has 2 rings (SSSR count). The van der Waals surface area contributed by atoms with Crippen LogP contribution in [0.5, 0.6) is 0 Å². The molecule has 7 heteroatoms. The molecule has 1 heterocycles. The van der Waals surface area contributed by atoms with E-state index in [1.54, 1.807) is 13.2 Å². The Labute approximate surface area is 140 Å². The summed E-state index contributed by atoms with van der Waals surface area (Å²) in [6.07, 6.45) is 0. The second-order valence-electron chi connectivity index (χ2n) is 4.89. The zero-order valence-corrected chi connectivity index (χ0v) is 13.7. The van der Waals surface area contributed by atoms with Gasteiger partial charge in [0.15, 0.2) is 0 Å². The molecule has 0 aliphatic carbocycles. The van der Waals surface area contributed by atoms with Crippen molar-refractivity contribution in [3.63, 3.8) is 0 Å². The topological polar surface area (TPSA) is 82.7 Å². The standard InChI is InChI=1S/C17H22N2O5/c1-21-7-8-22-9-10-23-11-12-24-17(20)16-13-15(18-19-16)14-5-3-2-4-6-14/h2-6,13H,7-12H2,1H3,(H,18,19). The van der Waals surface area contributed by atoms with E-state index in [1.807, 2.05) is 30.3 Å². The number of aromatic nitrogens is 2. The maximum Gasteiger partial charge on any atom is 0.356 e. The van der Waals surface area contributed by atoms with Crippen molar-refractivity contribution in [2.75, 3.05) is 46.8 Å². The number of rotatable bonds is 11. The summed E-state index contributed by atoms with van der Waals surface area (Å²) in [5.41, 5.74) is 1.95. The van der Waals surface area contributed by atoms with E-state index in [0.717, 1.165) is 5.56 Å². The van der Waals surface area contributed by atoms with Gasteiger partial charge in [-0.2, -0.15) is 5.10 Å². The molecule has 0 spiro atoms. The molecule has 0 saturated heterocycles. The number of esters is 1. The highest BCUT2D eigenvalue weighted by Gasteiger charge is 2.12. The van der Waals surface area contributed by atoms with Crippen molar-refractivity contribution in [3.05, 3.63) is 42.1 Å². The molecule has 0 aliphatic rings. The van der Waals surface area contributed by atoms with Gasteiger partial charge in [0.05, 0.1) is 38.7 Å². The van der Waals surface area contributed by atoms with Crippen LogP contribution >= 0.6 is 0 Å². The van der Waals surface area contributed by atoms with E-state index in [-0.39, 0.29) is 6.61 Å². The Morgan fingerprint density at radius 2 is 1.67 bits per heavy atom. The van der Waals surface area contributed by atoms with Crippen molar-refractivity contribution in [1.82, 2.24) is 10.2 Å². The molecule has 1 aromatic carbocycles. The number of aromatic amines is 1. The molecule has 2 aromatic rings. The fourth-order valence-electron chi connectivity index (χ4n) is 1.92. The number of ether oxygens (including phenoxy) is 4. The minimum atomic E-state index is -0.454. The third kappa shape index (κ3) is 6.11. The van der Waals surface area contributed by atoms with Crippen molar-refractivity contribution in [2.45, 2.75) is 0 Å². The molecule has 0 bridgehead atoms. The number of nitrogens with zero attached hydrogens (tertiary/aromatic N) is 1. The van der Waals surface area contributed by atoms with Crippen LogP contribution in [0.4, 0.5) is 0 Å². The summed E-state index contributed by atoms with van der Waals surface area (Å²) in [5.74, 6) is -0.454. The predicted octanol–water partition coefficient (Wildman–Crippen LogP) is 1.91. The average Bonchev–Trinajstić information content (AvgIpc) is 3.11. The highest BCUT2D eigenvalue weighted by Crippen LogP contribution is 2.17. The highest BCUT2D eigenvalue weighted by molar-refractivity contribution is 5.88. The summed E-state index contributed by atoms with van der Waals surface area (Å²) in [6, 6.07) is 11.3. The first-order valence-electron chi connectivity index (χ1n) is 7.73. The summed E-state index contributed by atoms with van der Waals surface area (Å²) in [4.78, 5) is 11.9. The summed E-state index contributed by atoms with van der Waals surface area (Å²) in [6.45, 7) is 2.53. The average molecular weight is 334 g/mol. The van der Waals surface area contributed by atoms with Crippen LogP contribution in [0, 0.1) is 0 Å². The number of nitrogens with one attached hydrogen (secondary N) is 1. The van der Waals surface area contributed by atoms with Crippen LogP contribution < -0.4 is 0 Å². The van der Waals surface area contributed by atoms with E-state index in [1.165, 1.54) is 0 Å². The molecule has 130 valence electrons. The number of hydrogen-bond acceptors (Lipinski definition) is 6. The maximum absolute atomic E-state index is 11.9. The largest absolute Gasteiger partial charge is 0.459 e. The zero-order chi connectivity index (χ0) is 17.0. The number of carbonyl (C=O) groups excluding carboxylic acids is 1. The summed E-state index contributed by atoms with van der Waals surface area (Å²) < 4.78 is 20.5. The van der Waals surface area contributed by atoms with Gasteiger partial charge >= 0.3 is 5.97 Å². The molecule has 0 fully saturated rings. The van der Waals surface area contributed by atoms with Crippen LogP contribution in [0.25, 0.3) is 11.3 Å². The van der Waals surface area contributed by atoms with E-state index in [9.17, 15) is 4.79 Å². The number of benzene rings is 1. The van der Waals surface area contributed by atoms with Gasteiger partial charge in [0.2, 0.25) is 0 Å². The molecule has 0 radical (unpaired) electrons. The second-order valence-corrected chi connectivity index (χ2v) is 4.89. The van der Waals surface area contributed by atoms with Gasteiger partial charge in [-0.05, 0) is 6.07 Å². The zero-order valence-electron chi connectivity index (χ0n) is 13.7. The van der Waals surface area contributed by atoms with E-state index in [4.69, 9.17) is 18.9 Å². The molecule has 0 aliphatic heterocycles. The first kappa shape index (κ1) is 18.1. The third-order valence-corrected chi connectivity index (χ3v) is 3.13. The van der Waals surface area contributed by atoms with Crippen molar-refractivity contribution in [1.29, 1.82) is 0 Å². The molecule has 0 unspecified atom stereocenters. The van der Waals surface area contributed by atoms with E-state index in [0.29, 0.717) is 44.4 Å². The first-order valence-corrected chi connectivity index (χ1v) is 7.73. The third-order valence-electron chi connectivity index (χ3n) is 3.13. The Kier molecular flexibility index (Phi) is 7.96. The lowest BCUT2D eigenvalue weighted by Gasteiger charge is -2.06. The Hall–Kier alpha value is -2.22. The number of hydrogen-bond donors (Lipinski definition) is 1. The second kappa shape index (κ2) is 10.5. The van der Waals surface area contributed by atoms with E-state index >= 15 is 0 Å². The van der Waals surface area contributed by atoms with Crippen LogP contribution in [-0.4, -0.2) is 62.9 Å². The van der Waals surface area contributed by atoms with Gasteiger partial charge in [-0.25, -0.2) is 4.79 Å². The highest BCUT2D eigenvalue weighted by atomic mass is 16.6. The quantitative estimate of drug-likeness (QED) is 0.499. The van der Waals surface area contributed by atoms with Gasteiger partial charge in [0.1, 0.15) is 12.3 Å². The van der Waals surface area contributed by atoms with E-state index in [2.05, 4.69) is 10.2 Å². The lowest BCUT2D eigenvalue weighted by atomic mass is 10.1. The molecule has 0 saturated carbocycles. The number of methoxy groups -OCH3 is 1. The summed E-state index contributed by atoms with van der Waals surface area (Å²) in [7, 11) is 1.62. The van der Waals surface area contributed by atoms with Crippen LogP contribution in [0.3, 0.4) is 0 Å². The van der Waals surface area contributed by atoms with Gasteiger partial charge in [-0.15, -0.1) is 0 Å². The van der Waals surface area contributed by atoms with Crippen LogP contribution in [0.1, 0.15) is 10.5 Å². The minimum absolute atomic E-state index is 0.177.